The zero-order chi connectivity index (χ0) is 18.9. The summed E-state index contributed by atoms with van der Waals surface area (Å²) < 4.78 is 13.9. The first-order chi connectivity index (χ1) is 13.1. The van der Waals surface area contributed by atoms with Gasteiger partial charge in [-0.25, -0.2) is 4.39 Å². The van der Waals surface area contributed by atoms with Gasteiger partial charge >= 0.3 is 0 Å². The highest BCUT2D eigenvalue weighted by Crippen LogP contribution is 2.46. The number of aliphatic hydroxyl groups excluding tert-OH is 1. The highest BCUT2D eigenvalue weighted by atomic mass is 19.1. The third kappa shape index (κ3) is 3.77. The van der Waals surface area contributed by atoms with E-state index in [1.165, 1.54) is 12.5 Å². The Hall–Kier alpha value is -1.46. The molecule has 1 atom stereocenters. The van der Waals surface area contributed by atoms with Crippen LogP contribution < -0.4 is 0 Å². The quantitative estimate of drug-likeness (QED) is 0.881. The highest BCUT2D eigenvalue weighted by molar-refractivity contribution is 5.79. The van der Waals surface area contributed by atoms with Crippen molar-refractivity contribution in [1.82, 2.24) is 9.80 Å². The smallest absolute Gasteiger partial charge is 0.225 e. The molecule has 1 spiro atoms. The second-order valence-electron chi connectivity index (χ2n) is 8.77. The lowest BCUT2D eigenvalue weighted by Gasteiger charge is -2.52. The topological polar surface area (TPSA) is 43.8 Å². The van der Waals surface area contributed by atoms with Crippen molar-refractivity contribution in [2.75, 3.05) is 32.8 Å². The van der Waals surface area contributed by atoms with Crippen LogP contribution in [0.2, 0.25) is 0 Å². The Morgan fingerprint density at radius 2 is 1.85 bits per heavy atom. The lowest BCUT2D eigenvalue weighted by atomic mass is 9.64. The first-order valence-electron chi connectivity index (χ1n) is 10.5. The minimum absolute atomic E-state index is 0.131. The molecule has 1 amide bonds. The van der Waals surface area contributed by atoms with Crippen LogP contribution in [0.4, 0.5) is 4.39 Å². The third-order valence-corrected chi connectivity index (χ3v) is 7.38. The maximum atomic E-state index is 13.9. The molecule has 4 rings (SSSR count). The average molecular weight is 375 g/mol. The molecule has 1 aromatic carbocycles. The Morgan fingerprint density at radius 1 is 1.15 bits per heavy atom. The van der Waals surface area contributed by atoms with Crippen molar-refractivity contribution in [3.8, 4) is 0 Å². The fraction of sp³-hybridized carbons (Fsp3) is 0.682. The van der Waals surface area contributed by atoms with Crippen molar-refractivity contribution in [1.29, 1.82) is 0 Å². The summed E-state index contributed by atoms with van der Waals surface area (Å²) in [4.78, 5) is 16.9. The van der Waals surface area contributed by atoms with Gasteiger partial charge in [-0.1, -0.05) is 24.6 Å². The fourth-order valence-corrected chi connectivity index (χ4v) is 5.16. The number of likely N-dealkylation sites (tertiary alicyclic amines) is 2. The summed E-state index contributed by atoms with van der Waals surface area (Å²) in [7, 11) is 0. The van der Waals surface area contributed by atoms with Gasteiger partial charge in [-0.2, -0.15) is 0 Å². The number of piperidine rings is 2. The number of benzene rings is 1. The van der Waals surface area contributed by atoms with Gasteiger partial charge in [0.1, 0.15) is 5.82 Å². The minimum atomic E-state index is -0.131. The number of hydrogen-bond donors (Lipinski definition) is 1. The fourth-order valence-electron chi connectivity index (χ4n) is 5.16. The van der Waals surface area contributed by atoms with E-state index in [1.807, 2.05) is 17.0 Å². The van der Waals surface area contributed by atoms with Gasteiger partial charge in [0, 0.05) is 43.6 Å². The van der Waals surface area contributed by atoms with Crippen molar-refractivity contribution in [3.63, 3.8) is 0 Å². The van der Waals surface area contributed by atoms with E-state index in [9.17, 15) is 14.3 Å². The van der Waals surface area contributed by atoms with Crippen LogP contribution in [0.25, 0.3) is 0 Å². The first-order valence-corrected chi connectivity index (χ1v) is 10.5. The normalized spacial score (nSPS) is 26.1. The van der Waals surface area contributed by atoms with Crippen LogP contribution >= 0.6 is 0 Å². The largest absolute Gasteiger partial charge is 0.396 e. The van der Waals surface area contributed by atoms with Crippen molar-refractivity contribution in [2.45, 2.75) is 45.1 Å². The lowest BCUT2D eigenvalue weighted by molar-refractivity contribution is -0.145. The molecular weight excluding hydrogens is 343 g/mol. The Bertz CT molecular complexity index is 668. The number of aliphatic hydroxyl groups is 1. The van der Waals surface area contributed by atoms with Crippen LogP contribution in [0.1, 0.15) is 44.1 Å². The zero-order valence-electron chi connectivity index (χ0n) is 16.1. The van der Waals surface area contributed by atoms with Crippen molar-refractivity contribution < 1.29 is 14.3 Å². The Balaban J connectivity index is 1.35. The van der Waals surface area contributed by atoms with Gasteiger partial charge in [0.25, 0.3) is 0 Å². The number of amides is 1. The summed E-state index contributed by atoms with van der Waals surface area (Å²) in [6.07, 6.45) is 6.29. The second-order valence-corrected chi connectivity index (χ2v) is 8.77. The van der Waals surface area contributed by atoms with Crippen LogP contribution in [0.15, 0.2) is 24.3 Å². The molecule has 2 saturated heterocycles. The summed E-state index contributed by atoms with van der Waals surface area (Å²) in [6, 6.07) is 7.01. The molecule has 1 N–H and O–H groups in total. The minimum Gasteiger partial charge on any atom is -0.396 e. The molecule has 148 valence electrons. The summed E-state index contributed by atoms with van der Waals surface area (Å²) in [5.74, 6) is 0.590. The number of hydrogen-bond acceptors (Lipinski definition) is 3. The van der Waals surface area contributed by atoms with Crippen LogP contribution in [0.5, 0.6) is 0 Å². The van der Waals surface area contributed by atoms with E-state index in [0.717, 1.165) is 57.3 Å². The molecule has 0 bridgehead atoms. The summed E-state index contributed by atoms with van der Waals surface area (Å²) in [5.41, 5.74) is 0.893. The molecular formula is C22H31FN2O2. The highest BCUT2D eigenvalue weighted by Gasteiger charge is 2.46. The summed E-state index contributed by atoms with van der Waals surface area (Å²) in [6.45, 7) is 4.21. The summed E-state index contributed by atoms with van der Waals surface area (Å²) >= 11 is 0. The molecule has 5 heteroatoms. The molecule has 4 nitrogen and oxygen atoms in total. The van der Waals surface area contributed by atoms with E-state index >= 15 is 0 Å². The first kappa shape index (κ1) is 18.9. The number of carbonyl (C=O) groups is 1. The Labute approximate surface area is 161 Å². The van der Waals surface area contributed by atoms with Gasteiger partial charge in [-0.05, 0) is 56.7 Å². The molecule has 3 aliphatic rings. The van der Waals surface area contributed by atoms with E-state index in [1.54, 1.807) is 6.07 Å². The lowest BCUT2D eigenvalue weighted by Crippen LogP contribution is -2.55. The van der Waals surface area contributed by atoms with Gasteiger partial charge in [-0.3, -0.25) is 9.69 Å². The SMILES string of the molecule is O=C(C1CCC1)N1CCC2(CCN(Cc3ccccc3F)CC2)[C@H](CO)C1. The van der Waals surface area contributed by atoms with Gasteiger partial charge < -0.3 is 10.0 Å². The Morgan fingerprint density at radius 3 is 2.48 bits per heavy atom. The number of halogens is 1. The number of nitrogens with zero attached hydrogens (tertiary/aromatic N) is 2. The van der Waals surface area contributed by atoms with Crippen LogP contribution in [0.3, 0.4) is 0 Å². The number of rotatable bonds is 4. The monoisotopic (exact) mass is 374 g/mol. The average Bonchev–Trinajstić information content (AvgIpc) is 2.64. The van der Waals surface area contributed by atoms with Gasteiger partial charge in [0.2, 0.25) is 5.91 Å². The predicted molar refractivity (Wildman–Crippen MR) is 102 cm³/mol. The molecule has 1 saturated carbocycles. The van der Waals surface area contributed by atoms with E-state index in [0.29, 0.717) is 19.0 Å². The molecule has 27 heavy (non-hydrogen) atoms. The van der Waals surface area contributed by atoms with Gasteiger partial charge in [0.15, 0.2) is 0 Å². The van der Waals surface area contributed by atoms with E-state index < -0.39 is 0 Å². The van der Waals surface area contributed by atoms with E-state index in [2.05, 4.69) is 4.90 Å². The van der Waals surface area contributed by atoms with Crippen LogP contribution in [0, 0.1) is 23.1 Å². The Kier molecular flexibility index (Phi) is 5.51. The summed E-state index contributed by atoms with van der Waals surface area (Å²) in [5, 5.41) is 10.1. The molecule has 0 radical (unpaired) electrons. The number of carbonyl (C=O) groups excluding carboxylic acids is 1. The molecule has 3 fully saturated rings. The van der Waals surface area contributed by atoms with Crippen LogP contribution in [-0.2, 0) is 11.3 Å². The third-order valence-electron chi connectivity index (χ3n) is 7.38. The zero-order valence-corrected chi connectivity index (χ0v) is 16.1. The molecule has 0 unspecified atom stereocenters. The van der Waals surface area contributed by atoms with Crippen molar-refractivity contribution in [3.05, 3.63) is 35.6 Å². The van der Waals surface area contributed by atoms with Crippen molar-refractivity contribution >= 4 is 5.91 Å². The maximum Gasteiger partial charge on any atom is 0.225 e. The second kappa shape index (κ2) is 7.88. The van der Waals surface area contributed by atoms with E-state index in [-0.39, 0.29) is 29.7 Å². The molecule has 1 aromatic rings. The molecule has 0 aromatic heterocycles. The van der Waals surface area contributed by atoms with Crippen LogP contribution in [-0.4, -0.2) is 53.6 Å². The molecule has 2 heterocycles. The van der Waals surface area contributed by atoms with Gasteiger partial charge in [0.05, 0.1) is 0 Å². The predicted octanol–water partition coefficient (Wildman–Crippen LogP) is 3.05. The standard InChI is InChI=1S/C22H31FN2O2/c23-20-7-2-1-4-18(20)14-24-11-8-22(9-12-24)10-13-25(15-19(22)16-26)21(27)17-5-3-6-17/h1-2,4,7,17,19,26H,3,5-6,8-16H2/t19-/m0/s1. The van der Waals surface area contributed by atoms with Crippen molar-refractivity contribution in [2.24, 2.45) is 17.3 Å². The molecule has 1 aliphatic carbocycles. The van der Waals surface area contributed by atoms with E-state index in [4.69, 9.17) is 0 Å². The molecule has 2 aliphatic heterocycles. The van der Waals surface area contributed by atoms with Gasteiger partial charge in [-0.15, -0.1) is 0 Å². The maximum absolute atomic E-state index is 13.9.